The largest absolute Gasteiger partial charge is 0.462 e. The zero-order valence-electron chi connectivity index (χ0n) is 13.6. The summed E-state index contributed by atoms with van der Waals surface area (Å²) in [5.74, 6) is -2.19. The Balaban J connectivity index is 2.02. The Bertz CT molecular complexity index is 994. The van der Waals surface area contributed by atoms with Gasteiger partial charge in [-0.3, -0.25) is 4.31 Å². The average Bonchev–Trinajstić information content (AvgIpc) is 2.99. The number of hydrogen-bond donors (Lipinski definition) is 0. The average molecular weight is 446 g/mol. The van der Waals surface area contributed by atoms with Gasteiger partial charge >= 0.3 is 5.97 Å². The molecule has 1 aliphatic rings. The summed E-state index contributed by atoms with van der Waals surface area (Å²) in [6.07, 6.45) is 0.152. The highest BCUT2D eigenvalue weighted by molar-refractivity contribution is 9.10. The third-order valence-electron chi connectivity index (χ3n) is 3.98. The SMILES string of the molecule is CCOC(=O)c1ccc(S(=O)(=O)N2CCc3c(F)cc(F)cc32)c(Br)c1. The van der Waals surface area contributed by atoms with E-state index in [4.69, 9.17) is 4.74 Å². The molecular formula is C17H14BrF2NO4S. The lowest BCUT2D eigenvalue weighted by Gasteiger charge is -2.20. The van der Waals surface area contributed by atoms with Crippen molar-refractivity contribution in [1.29, 1.82) is 0 Å². The Labute approximate surface area is 157 Å². The van der Waals surface area contributed by atoms with Crippen molar-refractivity contribution in [2.45, 2.75) is 18.2 Å². The number of ether oxygens (including phenoxy) is 1. The summed E-state index contributed by atoms with van der Waals surface area (Å²) < 4.78 is 59.4. The summed E-state index contributed by atoms with van der Waals surface area (Å²) in [5.41, 5.74) is 0.342. The fourth-order valence-electron chi connectivity index (χ4n) is 2.81. The Morgan fingerprint density at radius 1 is 1.27 bits per heavy atom. The van der Waals surface area contributed by atoms with Crippen LogP contribution in [0.15, 0.2) is 39.7 Å². The van der Waals surface area contributed by atoms with Crippen LogP contribution in [-0.4, -0.2) is 27.5 Å². The lowest BCUT2D eigenvalue weighted by molar-refractivity contribution is 0.0526. The van der Waals surface area contributed by atoms with Crippen LogP contribution >= 0.6 is 15.9 Å². The maximum absolute atomic E-state index is 13.9. The van der Waals surface area contributed by atoms with Gasteiger partial charge in [0.2, 0.25) is 0 Å². The molecule has 0 saturated carbocycles. The van der Waals surface area contributed by atoms with Crippen LogP contribution in [0.5, 0.6) is 0 Å². The molecule has 2 aromatic carbocycles. The van der Waals surface area contributed by atoms with Crippen molar-refractivity contribution in [3.63, 3.8) is 0 Å². The lowest BCUT2D eigenvalue weighted by atomic mass is 10.1. The Morgan fingerprint density at radius 3 is 2.65 bits per heavy atom. The van der Waals surface area contributed by atoms with Gasteiger partial charge < -0.3 is 4.74 Å². The Kier molecular flexibility index (Phi) is 5.03. The summed E-state index contributed by atoms with van der Waals surface area (Å²) >= 11 is 3.16. The van der Waals surface area contributed by atoms with Gasteiger partial charge in [0.1, 0.15) is 16.5 Å². The number of anilines is 1. The van der Waals surface area contributed by atoms with Crippen molar-refractivity contribution in [1.82, 2.24) is 0 Å². The van der Waals surface area contributed by atoms with Crippen LogP contribution in [0.3, 0.4) is 0 Å². The van der Waals surface area contributed by atoms with Gasteiger partial charge in [0.25, 0.3) is 10.0 Å². The summed E-state index contributed by atoms with van der Waals surface area (Å²) in [6, 6.07) is 5.68. The number of rotatable bonds is 4. The van der Waals surface area contributed by atoms with Gasteiger partial charge in [0.15, 0.2) is 0 Å². The van der Waals surface area contributed by atoms with Gasteiger partial charge in [-0.15, -0.1) is 0 Å². The van der Waals surface area contributed by atoms with Crippen molar-refractivity contribution >= 4 is 37.6 Å². The highest BCUT2D eigenvalue weighted by Crippen LogP contribution is 2.37. The number of esters is 1. The van der Waals surface area contributed by atoms with Crippen molar-refractivity contribution in [2.24, 2.45) is 0 Å². The summed E-state index contributed by atoms with van der Waals surface area (Å²) in [4.78, 5) is 11.7. The standard InChI is InChI=1S/C17H14BrF2NO4S/c1-2-25-17(22)10-3-4-16(13(18)7-10)26(23,24)21-6-5-12-14(20)8-11(19)9-15(12)21/h3-4,7-9H,2,5-6H2,1H3. The number of carbonyl (C=O) groups excluding carboxylic acids is 1. The van der Waals surface area contributed by atoms with E-state index in [1.165, 1.54) is 18.2 Å². The molecule has 0 atom stereocenters. The monoisotopic (exact) mass is 445 g/mol. The van der Waals surface area contributed by atoms with E-state index in [-0.39, 0.29) is 45.8 Å². The van der Waals surface area contributed by atoms with Gasteiger partial charge in [-0.05, 0) is 53.5 Å². The molecule has 9 heteroatoms. The fraction of sp³-hybridized carbons (Fsp3) is 0.235. The second kappa shape index (κ2) is 6.96. The van der Waals surface area contributed by atoms with Gasteiger partial charge in [-0.2, -0.15) is 0 Å². The molecular weight excluding hydrogens is 432 g/mol. The van der Waals surface area contributed by atoms with Gasteiger partial charge in [-0.1, -0.05) is 0 Å². The van der Waals surface area contributed by atoms with E-state index in [2.05, 4.69) is 15.9 Å². The van der Waals surface area contributed by atoms with Crippen molar-refractivity contribution in [2.75, 3.05) is 17.5 Å². The van der Waals surface area contributed by atoms with E-state index >= 15 is 0 Å². The molecule has 138 valence electrons. The lowest BCUT2D eigenvalue weighted by Crippen LogP contribution is -2.29. The van der Waals surface area contributed by atoms with Gasteiger partial charge in [-0.25, -0.2) is 22.0 Å². The topological polar surface area (TPSA) is 63.7 Å². The highest BCUT2D eigenvalue weighted by Gasteiger charge is 2.34. The first kappa shape index (κ1) is 18.8. The number of benzene rings is 2. The maximum Gasteiger partial charge on any atom is 0.338 e. The fourth-order valence-corrected chi connectivity index (χ4v) is 5.34. The first-order valence-corrected chi connectivity index (χ1v) is 9.96. The summed E-state index contributed by atoms with van der Waals surface area (Å²) in [5, 5.41) is 0. The minimum atomic E-state index is -4.07. The molecule has 0 spiro atoms. The van der Waals surface area contributed by atoms with E-state index in [0.717, 1.165) is 16.4 Å². The molecule has 0 radical (unpaired) electrons. The van der Waals surface area contributed by atoms with Crippen LogP contribution in [0.2, 0.25) is 0 Å². The predicted molar refractivity (Wildman–Crippen MR) is 94.7 cm³/mol. The number of carbonyl (C=O) groups is 1. The molecule has 0 fully saturated rings. The summed E-state index contributed by atoms with van der Waals surface area (Å²) in [7, 11) is -4.07. The van der Waals surface area contributed by atoms with Crippen LogP contribution in [0, 0.1) is 11.6 Å². The molecule has 2 aromatic rings. The zero-order valence-corrected chi connectivity index (χ0v) is 16.0. The predicted octanol–water partition coefficient (Wildman–Crippen LogP) is 3.66. The van der Waals surface area contributed by atoms with Crippen LogP contribution in [0.4, 0.5) is 14.5 Å². The molecule has 0 aromatic heterocycles. The number of fused-ring (bicyclic) bond motifs is 1. The molecule has 26 heavy (non-hydrogen) atoms. The van der Waals surface area contributed by atoms with Crippen LogP contribution in [0.25, 0.3) is 0 Å². The van der Waals surface area contributed by atoms with E-state index in [0.29, 0.717) is 0 Å². The van der Waals surface area contributed by atoms with E-state index < -0.39 is 27.6 Å². The second-order valence-electron chi connectivity index (χ2n) is 5.58. The molecule has 5 nitrogen and oxygen atoms in total. The number of nitrogens with zero attached hydrogens (tertiary/aromatic N) is 1. The van der Waals surface area contributed by atoms with Crippen LogP contribution in [0.1, 0.15) is 22.8 Å². The third kappa shape index (κ3) is 3.21. The Hall–Kier alpha value is -2.00. The summed E-state index contributed by atoms with van der Waals surface area (Å²) in [6.45, 7) is 1.86. The minimum absolute atomic E-state index is 0.00408. The molecule has 3 rings (SSSR count). The van der Waals surface area contributed by atoms with Crippen LogP contribution in [-0.2, 0) is 21.2 Å². The minimum Gasteiger partial charge on any atom is -0.462 e. The van der Waals surface area contributed by atoms with Crippen molar-refractivity contribution in [3.05, 3.63) is 57.6 Å². The molecule has 1 aliphatic heterocycles. The first-order valence-electron chi connectivity index (χ1n) is 7.73. The molecule has 0 amide bonds. The number of hydrogen-bond acceptors (Lipinski definition) is 4. The van der Waals surface area contributed by atoms with E-state index in [1.807, 2.05) is 0 Å². The zero-order chi connectivity index (χ0) is 19.1. The van der Waals surface area contributed by atoms with E-state index in [9.17, 15) is 22.0 Å². The molecule has 0 bridgehead atoms. The first-order chi connectivity index (χ1) is 12.3. The molecule has 0 aliphatic carbocycles. The molecule has 0 saturated heterocycles. The molecule has 0 N–H and O–H groups in total. The van der Waals surface area contributed by atoms with Gasteiger partial charge in [0, 0.05) is 22.6 Å². The molecule has 1 heterocycles. The normalized spacial score (nSPS) is 13.6. The van der Waals surface area contributed by atoms with Crippen LogP contribution < -0.4 is 4.31 Å². The maximum atomic E-state index is 13.9. The van der Waals surface area contributed by atoms with Gasteiger partial charge in [0.05, 0.1) is 17.9 Å². The smallest absolute Gasteiger partial charge is 0.338 e. The number of halogens is 3. The second-order valence-corrected chi connectivity index (χ2v) is 8.26. The van der Waals surface area contributed by atoms with Crippen molar-refractivity contribution < 1.29 is 26.7 Å². The Morgan fingerprint density at radius 2 is 2.00 bits per heavy atom. The highest BCUT2D eigenvalue weighted by atomic mass is 79.9. The number of sulfonamides is 1. The van der Waals surface area contributed by atoms with E-state index in [1.54, 1.807) is 6.92 Å². The third-order valence-corrected chi connectivity index (χ3v) is 6.77. The van der Waals surface area contributed by atoms with Crippen molar-refractivity contribution in [3.8, 4) is 0 Å². The quantitative estimate of drug-likeness (QED) is 0.673. The molecule has 0 unspecified atom stereocenters.